The Morgan fingerprint density at radius 1 is 1.05 bits per heavy atom. The molecule has 0 aliphatic carbocycles. The van der Waals surface area contributed by atoms with E-state index in [1.165, 1.54) is 5.39 Å². The summed E-state index contributed by atoms with van der Waals surface area (Å²) in [6.07, 6.45) is -0.498. The highest BCUT2D eigenvalue weighted by Gasteiger charge is 2.24. The van der Waals surface area contributed by atoms with Crippen molar-refractivity contribution in [3.8, 4) is 0 Å². The van der Waals surface area contributed by atoms with Gasteiger partial charge in [0, 0.05) is 17.8 Å². The van der Waals surface area contributed by atoms with Gasteiger partial charge in [-0.3, -0.25) is 0 Å². The molecular formula is C19H22N2O. The maximum atomic E-state index is 10.7. The zero-order chi connectivity index (χ0) is 15.5. The average Bonchev–Trinajstić information content (AvgIpc) is 2.86. The number of benzene rings is 2. The number of fused-ring (bicyclic) bond motifs is 1. The zero-order valence-electron chi connectivity index (χ0n) is 13.0. The molecular weight excluding hydrogens is 272 g/mol. The Kier molecular flexibility index (Phi) is 4.27. The highest BCUT2D eigenvalue weighted by atomic mass is 16.3. The van der Waals surface area contributed by atoms with E-state index < -0.39 is 6.10 Å². The molecule has 2 atom stereocenters. The third-order valence-electron chi connectivity index (χ3n) is 4.14. The number of aliphatic hydroxyl groups is 1. The Morgan fingerprint density at radius 3 is 2.45 bits per heavy atom. The Morgan fingerprint density at radius 2 is 1.73 bits per heavy atom. The number of aromatic nitrogens is 1. The molecule has 0 spiro atoms. The van der Waals surface area contributed by atoms with Gasteiger partial charge in [0.25, 0.3) is 0 Å². The molecule has 0 unspecified atom stereocenters. The van der Waals surface area contributed by atoms with Crippen molar-refractivity contribution in [2.24, 2.45) is 0 Å². The van der Waals surface area contributed by atoms with Gasteiger partial charge in [0.05, 0.1) is 12.1 Å². The normalized spacial score (nSPS) is 14.1. The lowest BCUT2D eigenvalue weighted by Gasteiger charge is -2.27. The summed E-state index contributed by atoms with van der Waals surface area (Å²) in [5.74, 6) is 0. The lowest BCUT2D eigenvalue weighted by atomic mass is 10.0. The van der Waals surface area contributed by atoms with Gasteiger partial charge in [-0.15, -0.1) is 0 Å². The largest absolute Gasteiger partial charge is 0.389 e. The molecule has 2 N–H and O–H groups in total. The quantitative estimate of drug-likeness (QED) is 0.758. The molecule has 1 aromatic heterocycles. The second-order valence-corrected chi connectivity index (χ2v) is 5.70. The van der Waals surface area contributed by atoms with E-state index in [4.69, 9.17) is 0 Å². The van der Waals surface area contributed by atoms with Crippen LogP contribution in [0.4, 0.5) is 0 Å². The van der Waals surface area contributed by atoms with Crippen molar-refractivity contribution in [3.63, 3.8) is 0 Å². The first kappa shape index (κ1) is 14.8. The summed E-state index contributed by atoms with van der Waals surface area (Å²) in [5, 5.41) is 15.0. The number of rotatable bonds is 5. The number of hydrogen-bond acceptors (Lipinski definition) is 2. The maximum Gasteiger partial charge on any atom is 0.0912 e. The maximum absolute atomic E-state index is 10.7. The summed E-state index contributed by atoms with van der Waals surface area (Å²) in [4.78, 5) is 0. The van der Waals surface area contributed by atoms with Crippen molar-refractivity contribution >= 4 is 10.9 Å². The fourth-order valence-corrected chi connectivity index (χ4v) is 3.20. The van der Waals surface area contributed by atoms with Crippen LogP contribution in [0.5, 0.6) is 0 Å². The molecule has 1 heterocycles. The van der Waals surface area contributed by atoms with Gasteiger partial charge in [-0.25, -0.2) is 0 Å². The Bertz CT molecular complexity index is 748. The number of aryl methyl sites for hydroxylation is 1. The molecule has 3 nitrogen and oxygen atoms in total. The minimum absolute atomic E-state index is 0.103. The van der Waals surface area contributed by atoms with Gasteiger partial charge < -0.3 is 15.0 Å². The van der Waals surface area contributed by atoms with Crippen LogP contribution in [0.2, 0.25) is 0 Å². The molecule has 2 aromatic carbocycles. The van der Waals surface area contributed by atoms with Crippen LogP contribution < -0.4 is 5.32 Å². The highest BCUT2D eigenvalue weighted by Crippen LogP contribution is 2.30. The van der Waals surface area contributed by atoms with E-state index in [2.05, 4.69) is 47.1 Å². The number of nitrogens with zero attached hydrogens (tertiary/aromatic N) is 1. The molecule has 0 saturated carbocycles. The van der Waals surface area contributed by atoms with Gasteiger partial charge in [0.2, 0.25) is 0 Å². The molecule has 0 amide bonds. The number of likely N-dealkylation sites (N-methyl/N-ethyl adjacent to an activating group) is 1. The molecule has 0 saturated heterocycles. The monoisotopic (exact) mass is 294 g/mol. The highest BCUT2D eigenvalue weighted by molar-refractivity contribution is 5.81. The van der Waals surface area contributed by atoms with Gasteiger partial charge >= 0.3 is 0 Å². The third kappa shape index (κ3) is 2.65. The van der Waals surface area contributed by atoms with E-state index in [1.807, 2.05) is 37.4 Å². The lowest BCUT2D eigenvalue weighted by molar-refractivity contribution is 0.131. The SMILES string of the molecule is CNC[C@H](O)[C@H](c1ccccc1)n1c(C)cc2ccccc21. The molecule has 0 radical (unpaired) electrons. The molecule has 3 rings (SSSR count). The smallest absolute Gasteiger partial charge is 0.0912 e. The van der Waals surface area contributed by atoms with E-state index in [0.29, 0.717) is 6.54 Å². The van der Waals surface area contributed by atoms with E-state index in [0.717, 1.165) is 16.8 Å². The average molecular weight is 294 g/mol. The number of nitrogens with one attached hydrogen (secondary N) is 1. The van der Waals surface area contributed by atoms with Gasteiger partial charge in [-0.2, -0.15) is 0 Å². The van der Waals surface area contributed by atoms with Crippen molar-refractivity contribution in [1.82, 2.24) is 9.88 Å². The summed E-state index contributed by atoms with van der Waals surface area (Å²) < 4.78 is 2.24. The predicted molar refractivity (Wildman–Crippen MR) is 91.2 cm³/mol. The van der Waals surface area contributed by atoms with Crippen LogP contribution in [0.3, 0.4) is 0 Å². The Balaban J connectivity index is 2.18. The first-order valence-corrected chi connectivity index (χ1v) is 7.66. The standard InChI is InChI=1S/C19H22N2O/c1-14-12-16-10-6-7-11-17(16)21(14)19(18(22)13-20-2)15-8-4-3-5-9-15/h3-12,18-20,22H,13H2,1-2H3/t18-,19-/m0/s1. The summed E-state index contributed by atoms with van der Waals surface area (Å²) in [5.41, 5.74) is 3.43. The molecule has 22 heavy (non-hydrogen) atoms. The van der Waals surface area contributed by atoms with Crippen molar-refractivity contribution in [2.45, 2.75) is 19.1 Å². The zero-order valence-corrected chi connectivity index (χ0v) is 13.0. The van der Waals surface area contributed by atoms with Crippen LogP contribution >= 0.6 is 0 Å². The van der Waals surface area contributed by atoms with Crippen LogP contribution in [0.15, 0.2) is 60.7 Å². The number of para-hydroxylation sites is 1. The summed E-state index contributed by atoms with van der Waals surface area (Å²) in [6, 6.07) is 20.6. The second kappa shape index (κ2) is 6.34. The predicted octanol–water partition coefficient (Wildman–Crippen LogP) is 3.12. The van der Waals surface area contributed by atoms with Crippen molar-refractivity contribution in [1.29, 1.82) is 0 Å². The Labute approximate surface area is 131 Å². The van der Waals surface area contributed by atoms with Gasteiger partial charge in [0.15, 0.2) is 0 Å². The first-order chi connectivity index (χ1) is 10.7. The molecule has 0 aliphatic heterocycles. The van der Waals surface area contributed by atoms with E-state index in [1.54, 1.807) is 0 Å². The van der Waals surface area contributed by atoms with Crippen LogP contribution in [0.1, 0.15) is 17.3 Å². The van der Waals surface area contributed by atoms with Crippen molar-refractivity contribution in [2.75, 3.05) is 13.6 Å². The van der Waals surface area contributed by atoms with Crippen LogP contribution in [0.25, 0.3) is 10.9 Å². The Hall–Kier alpha value is -2.10. The molecule has 0 fully saturated rings. The molecule has 3 aromatic rings. The van der Waals surface area contributed by atoms with Gasteiger partial charge in [-0.1, -0.05) is 48.5 Å². The summed E-state index contributed by atoms with van der Waals surface area (Å²) >= 11 is 0. The van der Waals surface area contributed by atoms with E-state index in [9.17, 15) is 5.11 Å². The van der Waals surface area contributed by atoms with Crippen molar-refractivity contribution in [3.05, 3.63) is 71.9 Å². The lowest BCUT2D eigenvalue weighted by Crippen LogP contribution is -2.34. The minimum Gasteiger partial charge on any atom is -0.389 e. The van der Waals surface area contributed by atoms with Gasteiger partial charge in [0.1, 0.15) is 0 Å². The van der Waals surface area contributed by atoms with E-state index >= 15 is 0 Å². The summed E-state index contributed by atoms with van der Waals surface area (Å²) in [6.45, 7) is 2.65. The van der Waals surface area contributed by atoms with E-state index in [-0.39, 0.29) is 6.04 Å². The second-order valence-electron chi connectivity index (χ2n) is 5.70. The van der Waals surface area contributed by atoms with Crippen LogP contribution in [-0.4, -0.2) is 29.4 Å². The number of aliphatic hydroxyl groups excluding tert-OH is 1. The minimum atomic E-state index is -0.498. The topological polar surface area (TPSA) is 37.2 Å². The van der Waals surface area contributed by atoms with Crippen LogP contribution in [-0.2, 0) is 0 Å². The molecule has 0 aliphatic rings. The fraction of sp³-hybridized carbons (Fsp3) is 0.263. The third-order valence-corrected chi connectivity index (χ3v) is 4.14. The van der Waals surface area contributed by atoms with Crippen molar-refractivity contribution < 1.29 is 5.11 Å². The first-order valence-electron chi connectivity index (χ1n) is 7.66. The fourth-order valence-electron chi connectivity index (χ4n) is 3.20. The molecule has 3 heteroatoms. The number of hydrogen-bond donors (Lipinski definition) is 2. The van der Waals surface area contributed by atoms with Gasteiger partial charge in [-0.05, 0) is 37.1 Å². The molecule has 114 valence electrons. The van der Waals surface area contributed by atoms with Crippen LogP contribution in [0, 0.1) is 6.92 Å². The summed E-state index contributed by atoms with van der Waals surface area (Å²) in [7, 11) is 1.87. The molecule has 0 bridgehead atoms.